The van der Waals surface area contributed by atoms with Gasteiger partial charge in [-0.2, -0.15) is 23.5 Å². The minimum absolute atomic E-state index is 1.18. The van der Waals surface area contributed by atoms with E-state index in [9.17, 15) is 0 Å². The van der Waals surface area contributed by atoms with Gasteiger partial charge in [-0.1, -0.05) is 87.4 Å². The Morgan fingerprint density at radius 1 is 0.438 bits per heavy atom. The normalized spacial score (nSPS) is 11.5. The summed E-state index contributed by atoms with van der Waals surface area (Å²) in [5, 5.41) is 0. The number of hydrogen-bond acceptors (Lipinski definition) is 6. The molecule has 0 N–H and O–H groups in total. The zero-order chi connectivity index (χ0) is 33.0. The van der Waals surface area contributed by atoms with E-state index in [0.717, 1.165) is 0 Å². The van der Waals surface area contributed by atoms with Gasteiger partial charge < -0.3 is 0 Å². The summed E-state index contributed by atoms with van der Waals surface area (Å²) >= 11 is 12.1. The van der Waals surface area contributed by atoms with E-state index >= 15 is 0 Å². The number of benzene rings is 2. The molecular weight excluding hydrogens is 697 g/mol. The molecule has 0 saturated heterocycles. The number of aryl methyl sites for hydroxylation is 2. The SMILES string of the molecule is CCCCSCCCc1ccc(-c2sc(-c3cc(-c4ccccc4)c(-c4ccc(CCCSCCCC)s4)s3)cc2-c2ccccc2)s1. The zero-order valence-corrected chi connectivity index (χ0v) is 33.1. The summed E-state index contributed by atoms with van der Waals surface area (Å²) in [7, 11) is 0. The molecule has 6 rings (SSSR count). The molecule has 0 atom stereocenters. The van der Waals surface area contributed by atoms with E-state index in [1.54, 1.807) is 0 Å². The molecule has 2 aromatic carbocycles. The fraction of sp³-hybridized carbons (Fsp3) is 0.333. The summed E-state index contributed by atoms with van der Waals surface area (Å²) in [6.45, 7) is 4.56. The van der Waals surface area contributed by atoms with Crippen LogP contribution in [0.2, 0.25) is 0 Å². The number of unbranched alkanes of at least 4 members (excludes halogenated alkanes) is 2. The quantitative estimate of drug-likeness (QED) is 0.0758. The van der Waals surface area contributed by atoms with E-state index in [1.165, 1.54) is 136 Å². The second-order valence-electron chi connectivity index (χ2n) is 12.1. The highest BCUT2D eigenvalue weighted by Crippen LogP contribution is 2.51. The largest absolute Gasteiger partial charge is 0.162 e. The Bertz CT molecular complexity index is 1670. The lowest BCUT2D eigenvalue weighted by molar-refractivity contribution is 0.891. The molecule has 0 aliphatic heterocycles. The zero-order valence-electron chi connectivity index (χ0n) is 28.2. The van der Waals surface area contributed by atoms with Gasteiger partial charge in [0.1, 0.15) is 0 Å². The smallest absolute Gasteiger partial charge is 0.0527 e. The first kappa shape index (κ1) is 35.8. The van der Waals surface area contributed by atoms with Crippen LogP contribution in [0.3, 0.4) is 0 Å². The van der Waals surface area contributed by atoms with Crippen LogP contribution in [0.25, 0.3) is 51.5 Å². The summed E-state index contributed by atoms with van der Waals surface area (Å²) < 4.78 is 0. The molecule has 0 saturated carbocycles. The molecule has 0 nitrogen and oxygen atoms in total. The van der Waals surface area contributed by atoms with Crippen molar-refractivity contribution in [3.8, 4) is 51.5 Å². The summed E-state index contributed by atoms with van der Waals surface area (Å²) in [5.41, 5.74) is 5.30. The summed E-state index contributed by atoms with van der Waals surface area (Å²) in [5.74, 6) is 5.13. The lowest BCUT2D eigenvalue weighted by Gasteiger charge is -2.02. The van der Waals surface area contributed by atoms with Crippen LogP contribution in [0.1, 0.15) is 62.1 Å². The topological polar surface area (TPSA) is 0 Å². The van der Waals surface area contributed by atoms with Crippen molar-refractivity contribution in [1.29, 1.82) is 0 Å². The summed E-state index contributed by atoms with van der Waals surface area (Å²) in [6.07, 6.45) is 10.1. The minimum Gasteiger partial charge on any atom is -0.162 e. The highest BCUT2D eigenvalue weighted by Gasteiger charge is 2.20. The van der Waals surface area contributed by atoms with Crippen LogP contribution in [0.5, 0.6) is 0 Å². The number of rotatable bonds is 19. The number of hydrogen-bond donors (Lipinski definition) is 0. The molecule has 0 bridgehead atoms. The van der Waals surface area contributed by atoms with Crippen LogP contribution >= 0.6 is 68.9 Å². The maximum Gasteiger partial charge on any atom is 0.0527 e. The minimum atomic E-state index is 1.18. The van der Waals surface area contributed by atoms with Gasteiger partial charge in [0.05, 0.1) is 9.75 Å². The van der Waals surface area contributed by atoms with Crippen molar-refractivity contribution < 1.29 is 0 Å². The monoisotopic (exact) mass is 742 g/mol. The lowest BCUT2D eigenvalue weighted by atomic mass is 10.0. The predicted molar refractivity (Wildman–Crippen MR) is 226 cm³/mol. The summed E-state index contributed by atoms with van der Waals surface area (Å²) in [4.78, 5) is 11.3. The van der Waals surface area contributed by atoms with E-state index in [1.807, 2.05) is 45.3 Å². The first-order chi connectivity index (χ1) is 23.7. The Morgan fingerprint density at radius 3 is 1.27 bits per heavy atom. The van der Waals surface area contributed by atoms with E-state index in [0.29, 0.717) is 0 Å². The molecule has 0 amide bonds. The van der Waals surface area contributed by atoms with Gasteiger partial charge in [-0.3, -0.25) is 0 Å². The first-order valence-corrected chi connectivity index (χ1v) is 23.0. The fourth-order valence-corrected chi connectivity index (χ4v) is 12.6. The molecule has 6 aromatic rings. The molecule has 0 aliphatic rings. The maximum absolute atomic E-state index is 2.46. The first-order valence-electron chi connectivity index (χ1n) is 17.5. The molecule has 4 heterocycles. The van der Waals surface area contributed by atoms with Gasteiger partial charge in [-0.25, -0.2) is 0 Å². The Balaban J connectivity index is 1.28. The Kier molecular flexibility index (Phi) is 14.0. The average Bonchev–Trinajstić information content (AvgIpc) is 3.95. The van der Waals surface area contributed by atoms with Crippen LogP contribution in [0, 0.1) is 0 Å². The number of thiophene rings is 4. The second kappa shape index (κ2) is 18.8. The molecule has 0 spiro atoms. The van der Waals surface area contributed by atoms with Crippen molar-refractivity contribution in [1.82, 2.24) is 0 Å². The predicted octanol–water partition coefficient (Wildman–Crippen LogP) is 15.2. The molecule has 0 fully saturated rings. The van der Waals surface area contributed by atoms with Gasteiger partial charge in [-0.05, 0) is 109 Å². The Hall–Kier alpha value is -2.06. The van der Waals surface area contributed by atoms with Crippen LogP contribution in [-0.4, -0.2) is 23.0 Å². The van der Waals surface area contributed by atoms with Gasteiger partial charge in [0.25, 0.3) is 0 Å². The van der Waals surface area contributed by atoms with E-state index in [4.69, 9.17) is 0 Å². The second-order valence-corrected chi connectivity index (χ2v) is 19.0. The molecule has 250 valence electrons. The fourth-order valence-electron chi connectivity index (χ4n) is 5.72. The van der Waals surface area contributed by atoms with Crippen LogP contribution < -0.4 is 0 Å². The summed E-state index contributed by atoms with van der Waals surface area (Å²) in [6, 6.07) is 36.4. The van der Waals surface area contributed by atoms with Crippen molar-refractivity contribution in [2.45, 2.75) is 65.2 Å². The third kappa shape index (κ3) is 9.58. The van der Waals surface area contributed by atoms with Crippen molar-refractivity contribution in [2.75, 3.05) is 23.0 Å². The molecule has 6 heteroatoms. The highest BCUT2D eigenvalue weighted by molar-refractivity contribution is 7.99. The molecule has 0 aliphatic carbocycles. The molecule has 0 unspecified atom stereocenters. The van der Waals surface area contributed by atoms with Crippen molar-refractivity contribution >= 4 is 68.9 Å². The Labute approximate surface area is 313 Å². The third-order valence-corrected chi connectivity index (χ3v) is 15.8. The van der Waals surface area contributed by atoms with Crippen LogP contribution in [-0.2, 0) is 12.8 Å². The van der Waals surface area contributed by atoms with Crippen molar-refractivity contribution in [3.05, 3.63) is 107 Å². The molecule has 4 aromatic heterocycles. The van der Waals surface area contributed by atoms with Crippen molar-refractivity contribution in [3.63, 3.8) is 0 Å². The number of thioether (sulfide) groups is 2. The van der Waals surface area contributed by atoms with Gasteiger partial charge in [0.2, 0.25) is 0 Å². The molecule has 48 heavy (non-hydrogen) atoms. The van der Waals surface area contributed by atoms with Gasteiger partial charge >= 0.3 is 0 Å². The van der Waals surface area contributed by atoms with Crippen molar-refractivity contribution in [2.24, 2.45) is 0 Å². The molecular formula is C42H46S6. The van der Waals surface area contributed by atoms with E-state index in [2.05, 4.69) is 134 Å². The highest BCUT2D eigenvalue weighted by atomic mass is 32.2. The van der Waals surface area contributed by atoms with Crippen LogP contribution in [0.15, 0.2) is 97.1 Å². The van der Waals surface area contributed by atoms with Gasteiger partial charge in [0.15, 0.2) is 0 Å². The Morgan fingerprint density at radius 2 is 0.854 bits per heavy atom. The van der Waals surface area contributed by atoms with E-state index in [-0.39, 0.29) is 0 Å². The standard InChI is InChI=1S/C42H46S6/c1-3-5-25-43-27-13-19-33-21-23-37(45-33)41-35(31-15-9-7-10-16-31)29-39(47-41)40-30-36(32-17-11-8-12-18-32)42(48-40)38-24-22-34(46-38)20-14-28-44-26-6-4-2/h7-12,15-18,21-24,29-30H,3-6,13-14,19-20,25-28H2,1-2H3. The van der Waals surface area contributed by atoms with Gasteiger partial charge in [0, 0.05) is 40.4 Å². The average molecular weight is 743 g/mol. The van der Waals surface area contributed by atoms with Gasteiger partial charge in [-0.15, -0.1) is 45.3 Å². The maximum atomic E-state index is 2.46. The lowest BCUT2D eigenvalue weighted by Crippen LogP contribution is -1.86. The third-order valence-electron chi connectivity index (χ3n) is 8.36. The van der Waals surface area contributed by atoms with Crippen LogP contribution in [0.4, 0.5) is 0 Å². The van der Waals surface area contributed by atoms with E-state index < -0.39 is 0 Å². The molecule has 0 radical (unpaired) electrons.